The molecule has 1 aromatic carbocycles. The molecular formula is C16H23ClN2O. The molecule has 1 atom stereocenters. The molecule has 2 rings (SSSR count). The summed E-state index contributed by atoms with van der Waals surface area (Å²) in [5, 5.41) is 12.6. The molecule has 1 saturated carbocycles. The van der Waals surface area contributed by atoms with Crippen LogP contribution >= 0.6 is 11.6 Å². The van der Waals surface area contributed by atoms with Gasteiger partial charge in [-0.1, -0.05) is 23.7 Å². The zero-order valence-corrected chi connectivity index (χ0v) is 12.9. The van der Waals surface area contributed by atoms with Gasteiger partial charge < -0.3 is 10.1 Å². The third kappa shape index (κ3) is 3.74. The maximum atomic E-state index is 8.63. The van der Waals surface area contributed by atoms with E-state index in [0.717, 1.165) is 17.9 Å². The van der Waals surface area contributed by atoms with E-state index in [9.17, 15) is 0 Å². The number of hydrogen-bond donors (Lipinski definition) is 1. The van der Waals surface area contributed by atoms with E-state index in [4.69, 9.17) is 16.8 Å². The van der Waals surface area contributed by atoms with Crippen molar-refractivity contribution in [3.8, 4) is 0 Å². The predicted octanol–water partition coefficient (Wildman–Crippen LogP) is 4.21. The minimum atomic E-state index is 0.430. The highest BCUT2D eigenvalue weighted by Crippen LogP contribution is 2.39. The Kier molecular flexibility index (Phi) is 5.44. The normalized spacial score (nSPS) is 25.2. The average molecular weight is 295 g/mol. The van der Waals surface area contributed by atoms with Crippen molar-refractivity contribution in [1.82, 2.24) is 4.90 Å². The molecule has 0 spiro atoms. The minimum absolute atomic E-state index is 0.430. The van der Waals surface area contributed by atoms with Gasteiger partial charge in [-0.2, -0.15) is 0 Å². The van der Waals surface area contributed by atoms with Gasteiger partial charge in [-0.15, -0.1) is 5.16 Å². The van der Waals surface area contributed by atoms with Crippen LogP contribution in [0.1, 0.15) is 37.3 Å². The highest BCUT2D eigenvalue weighted by atomic mass is 35.5. The number of nitrogens with zero attached hydrogens (tertiary/aromatic N) is 2. The van der Waals surface area contributed by atoms with Crippen molar-refractivity contribution in [2.75, 3.05) is 14.1 Å². The van der Waals surface area contributed by atoms with Crippen molar-refractivity contribution in [3.05, 3.63) is 34.9 Å². The molecule has 110 valence electrons. The average Bonchev–Trinajstić information content (AvgIpc) is 2.43. The standard InChI is InChI=1S/C16H23ClN2O/c1-19(2)16(14-7-9-15(17)10-8-14)13-5-3-12(4-6-13)11-18-20/h7-13,16,20H,3-6H2,1-2H3. The zero-order valence-electron chi connectivity index (χ0n) is 12.2. The first-order valence-corrected chi connectivity index (χ1v) is 7.59. The quantitative estimate of drug-likeness (QED) is 0.513. The van der Waals surface area contributed by atoms with E-state index >= 15 is 0 Å². The largest absolute Gasteiger partial charge is 0.411 e. The predicted molar refractivity (Wildman–Crippen MR) is 83.6 cm³/mol. The van der Waals surface area contributed by atoms with E-state index in [1.165, 1.54) is 18.4 Å². The zero-order chi connectivity index (χ0) is 14.5. The molecule has 1 fully saturated rings. The highest BCUT2D eigenvalue weighted by molar-refractivity contribution is 6.30. The lowest BCUT2D eigenvalue weighted by atomic mass is 9.76. The molecule has 1 unspecified atom stereocenters. The van der Waals surface area contributed by atoms with Crippen LogP contribution in [0.15, 0.2) is 29.4 Å². The second-order valence-corrected chi connectivity index (χ2v) is 6.34. The van der Waals surface area contributed by atoms with Crippen LogP contribution < -0.4 is 0 Å². The van der Waals surface area contributed by atoms with E-state index in [2.05, 4.69) is 36.3 Å². The molecular weight excluding hydrogens is 272 g/mol. The molecule has 0 heterocycles. The molecule has 4 heteroatoms. The van der Waals surface area contributed by atoms with Gasteiger partial charge in [-0.25, -0.2) is 0 Å². The molecule has 0 amide bonds. The maximum Gasteiger partial charge on any atom is 0.0466 e. The lowest BCUT2D eigenvalue weighted by Crippen LogP contribution is -2.30. The monoisotopic (exact) mass is 294 g/mol. The molecule has 1 aliphatic carbocycles. The smallest absolute Gasteiger partial charge is 0.0466 e. The molecule has 0 aromatic heterocycles. The minimum Gasteiger partial charge on any atom is -0.411 e. The van der Waals surface area contributed by atoms with Crippen molar-refractivity contribution in [2.45, 2.75) is 31.7 Å². The SMILES string of the molecule is CN(C)C(c1ccc(Cl)cc1)C1CCC(C=NO)CC1. The van der Waals surface area contributed by atoms with Gasteiger partial charge in [0.2, 0.25) is 0 Å². The summed E-state index contributed by atoms with van der Waals surface area (Å²) in [7, 11) is 4.28. The Morgan fingerprint density at radius 1 is 1.20 bits per heavy atom. The Balaban J connectivity index is 2.08. The number of hydrogen-bond acceptors (Lipinski definition) is 3. The van der Waals surface area contributed by atoms with E-state index in [-0.39, 0.29) is 0 Å². The second kappa shape index (κ2) is 7.09. The number of rotatable bonds is 4. The summed E-state index contributed by atoms with van der Waals surface area (Å²) >= 11 is 5.98. The second-order valence-electron chi connectivity index (χ2n) is 5.90. The van der Waals surface area contributed by atoms with Gasteiger partial charge in [0, 0.05) is 17.3 Å². The van der Waals surface area contributed by atoms with Crippen molar-refractivity contribution in [2.24, 2.45) is 17.0 Å². The fraction of sp³-hybridized carbons (Fsp3) is 0.562. The van der Waals surface area contributed by atoms with Gasteiger partial charge in [0.05, 0.1) is 0 Å². The number of benzene rings is 1. The summed E-state index contributed by atoms with van der Waals surface area (Å²) < 4.78 is 0. The van der Waals surface area contributed by atoms with Crippen molar-refractivity contribution in [3.63, 3.8) is 0 Å². The first-order chi connectivity index (χ1) is 9.61. The summed E-state index contributed by atoms with van der Waals surface area (Å²) in [6.07, 6.45) is 6.23. The van der Waals surface area contributed by atoms with Crippen LogP contribution in [-0.2, 0) is 0 Å². The van der Waals surface area contributed by atoms with Crippen LogP contribution in [0, 0.1) is 11.8 Å². The van der Waals surface area contributed by atoms with Gasteiger partial charge in [-0.05, 0) is 69.3 Å². The van der Waals surface area contributed by atoms with Crippen LogP contribution in [0.5, 0.6) is 0 Å². The summed E-state index contributed by atoms with van der Waals surface area (Å²) in [5.41, 5.74) is 1.33. The molecule has 20 heavy (non-hydrogen) atoms. The lowest BCUT2D eigenvalue weighted by Gasteiger charge is -2.36. The van der Waals surface area contributed by atoms with Gasteiger partial charge >= 0.3 is 0 Å². The molecule has 0 radical (unpaired) electrons. The van der Waals surface area contributed by atoms with E-state index in [1.54, 1.807) is 6.21 Å². The highest BCUT2D eigenvalue weighted by Gasteiger charge is 2.29. The van der Waals surface area contributed by atoms with Crippen LogP contribution in [0.2, 0.25) is 5.02 Å². The number of oxime groups is 1. The molecule has 0 aliphatic heterocycles. The topological polar surface area (TPSA) is 35.8 Å². The van der Waals surface area contributed by atoms with E-state index < -0.39 is 0 Å². The van der Waals surface area contributed by atoms with Crippen LogP contribution in [0.25, 0.3) is 0 Å². The maximum absolute atomic E-state index is 8.63. The first kappa shape index (κ1) is 15.3. The van der Waals surface area contributed by atoms with Crippen molar-refractivity contribution < 1.29 is 5.21 Å². The van der Waals surface area contributed by atoms with Gasteiger partial charge in [0.15, 0.2) is 0 Å². The van der Waals surface area contributed by atoms with E-state index in [0.29, 0.717) is 17.9 Å². The third-order valence-electron chi connectivity index (χ3n) is 4.31. The van der Waals surface area contributed by atoms with Gasteiger partial charge in [0.1, 0.15) is 0 Å². The lowest BCUT2D eigenvalue weighted by molar-refractivity contribution is 0.162. The summed E-state index contributed by atoms with van der Waals surface area (Å²) in [5.74, 6) is 1.08. The Labute approximate surface area is 126 Å². The van der Waals surface area contributed by atoms with Gasteiger partial charge in [-0.3, -0.25) is 0 Å². The number of halogens is 1. The van der Waals surface area contributed by atoms with Crippen LogP contribution in [0.3, 0.4) is 0 Å². The Morgan fingerprint density at radius 2 is 1.80 bits per heavy atom. The van der Waals surface area contributed by atoms with Crippen molar-refractivity contribution >= 4 is 17.8 Å². The van der Waals surface area contributed by atoms with Crippen LogP contribution in [-0.4, -0.2) is 30.4 Å². The first-order valence-electron chi connectivity index (χ1n) is 7.21. The van der Waals surface area contributed by atoms with E-state index in [1.807, 2.05) is 12.1 Å². The summed E-state index contributed by atoms with van der Waals surface area (Å²) in [6.45, 7) is 0. The third-order valence-corrected chi connectivity index (χ3v) is 4.56. The van der Waals surface area contributed by atoms with Crippen LogP contribution in [0.4, 0.5) is 0 Å². The molecule has 1 aliphatic rings. The molecule has 1 N–H and O–H groups in total. The Bertz CT molecular complexity index is 436. The fourth-order valence-corrected chi connectivity index (χ4v) is 3.48. The van der Waals surface area contributed by atoms with Gasteiger partial charge in [0.25, 0.3) is 0 Å². The molecule has 0 bridgehead atoms. The molecule has 0 saturated heterocycles. The molecule has 1 aromatic rings. The fourth-order valence-electron chi connectivity index (χ4n) is 3.36. The summed E-state index contributed by atoms with van der Waals surface area (Å²) in [6, 6.07) is 8.64. The Morgan fingerprint density at radius 3 is 2.30 bits per heavy atom. The molecule has 3 nitrogen and oxygen atoms in total. The van der Waals surface area contributed by atoms with Crippen molar-refractivity contribution in [1.29, 1.82) is 0 Å². The Hall–Kier alpha value is -1.06. The summed E-state index contributed by atoms with van der Waals surface area (Å²) in [4.78, 5) is 2.30.